The molecule has 0 saturated heterocycles. The Hall–Kier alpha value is -2.36. The van der Waals surface area contributed by atoms with Crippen LogP contribution in [0, 0.1) is 5.82 Å². The van der Waals surface area contributed by atoms with Gasteiger partial charge in [-0.3, -0.25) is 0 Å². The van der Waals surface area contributed by atoms with Gasteiger partial charge < -0.3 is 9.94 Å². The Labute approximate surface area is 111 Å². The Morgan fingerprint density at radius 3 is 2.53 bits per heavy atom. The highest BCUT2D eigenvalue weighted by atomic mass is 19.1. The normalized spacial score (nSPS) is 11.4. The number of benzene rings is 2. The summed E-state index contributed by atoms with van der Waals surface area (Å²) < 4.78 is 18.5. The van der Waals surface area contributed by atoms with Crippen molar-refractivity contribution in [1.29, 1.82) is 0 Å². The van der Waals surface area contributed by atoms with Crippen molar-refractivity contribution < 1.29 is 14.3 Å². The van der Waals surface area contributed by atoms with E-state index in [2.05, 4.69) is 5.16 Å². The van der Waals surface area contributed by atoms with E-state index in [1.165, 1.54) is 12.1 Å². The minimum Gasteiger partial charge on any atom is -0.488 e. The fourth-order valence-corrected chi connectivity index (χ4v) is 1.69. The van der Waals surface area contributed by atoms with E-state index < -0.39 is 0 Å². The lowest BCUT2D eigenvalue weighted by molar-refractivity contribution is 0.303. The van der Waals surface area contributed by atoms with Gasteiger partial charge in [-0.05, 0) is 36.8 Å². The largest absolute Gasteiger partial charge is 0.488 e. The standard InChI is InChI=1S/C15H14FNO2/c1-11(17-18)14-4-2-3-5-15(14)19-10-12-6-8-13(16)9-7-12/h2-9,18H,10H2,1H3/b17-11+. The molecule has 0 aliphatic carbocycles. The Morgan fingerprint density at radius 2 is 1.84 bits per heavy atom. The first-order chi connectivity index (χ1) is 9.20. The molecule has 3 nitrogen and oxygen atoms in total. The molecular weight excluding hydrogens is 245 g/mol. The summed E-state index contributed by atoms with van der Waals surface area (Å²) >= 11 is 0. The van der Waals surface area contributed by atoms with Gasteiger partial charge in [0.15, 0.2) is 0 Å². The van der Waals surface area contributed by atoms with Gasteiger partial charge in [0.05, 0.1) is 5.71 Å². The SMILES string of the molecule is C/C(=N\O)c1ccccc1OCc1ccc(F)cc1. The van der Waals surface area contributed by atoms with Crippen molar-refractivity contribution in [2.45, 2.75) is 13.5 Å². The summed E-state index contributed by atoms with van der Waals surface area (Å²) in [5, 5.41) is 12.0. The number of oxime groups is 1. The van der Waals surface area contributed by atoms with Crippen molar-refractivity contribution in [3.05, 3.63) is 65.5 Å². The molecular formula is C15H14FNO2. The van der Waals surface area contributed by atoms with E-state index in [0.29, 0.717) is 18.1 Å². The summed E-state index contributed by atoms with van der Waals surface area (Å²) in [6.45, 7) is 2.02. The van der Waals surface area contributed by atoms with Gasteiger partial charge in [0.2, 0.25) is 0 Å². The molecule has 19 heavy (non-hydrogen) atoms. The van der Waals surface area contributed by atoms with Gasteiger partial charge in [-0.2, -0.15) is 0 Å². The number of halogens is 1. The van der Waals surface area contributed by atoms with Gasteiger partial charge in [0, 0.05) is 5.56 Å². The summed E-state index contributed by atoms with van der Waals surface area (Å²) in [5.41, 5.74) is 2.08. The Kier molecular flexibility index (Phi) is 4.13. The lowest BCUT2D eigenvalue weighted by Gasteiger charge is -2.10. The molecule has 0 amide bonds. The Balaban J connectivity index is 2.13. The molecule has 4 heteroatoms. The van der Waals surface area contributed by atoms with Gasteiger partial charge >= 0.3 is 0 Å². The number of nitrogens with zero attached hydrogens (tertiary/aromatic N) is 1. The van der Waals surface area contributed by atoms with Crippen LogP contribution in [0.4, 0.5) is 4.39 Å². The molecule has 0 aliphatic heterocycles. The monoisotopic (exact) mass is 259 g/mol. The Morgan fingerprint density at radius 1 is 1.16 bits per heavy atom. The van der Waals surface area contributed by atoms with Crippen LogP contribution in [-0.2, 0) is 6.61 Å². The first-order valence-corrected chi connectivity index (χ1v) is 5.86. The maximum Gasteiger partial charge on any atom is 0.128 e. The smallest absolute Gasteiger partial charge is 0.128 e. The average Bonchev–Trinajstić information content (AvgIpc) is 2.46. The molecule has 0 atom stereocenters. The lowest BCUT2D eigenvalue weighted by atomic mass is 10.1. The molecule has 0 aromatic heterocycles. The van der Waals surface area contributed by atoms with Crippen LogP contribution in [-0.4, -0.2) is 10.9 Å². The second-order valence-corrected chi connectivity index (χ2v) is 4.10. The van der Waals surface area contributed by atoms with E-state index in [1.54, 1.807) is 25.1 Å². The van der Waals surface area contributed by atoms with E-state index >= 15 is 0 Å². The predicted octanol–water partition coefficient (Wildman–Crippen LogP) is 3.60. The van der Waals surface area contributed by atoms with Crippen LogP contribution in [0.1, 0.15) is 18.1 Å². The fourth-order valence-electron chi connectivity index (χ4n) is 1.69. The highest BCUT2D eigenvalue weighted by Gasteiger charge is 2.06. The highest BCUT2D eigenvalue weighted by molar-refractivity contribution is 6.00. The van der Waals surface area contributed by atoms with Gasteiger partial charge in [0.1, 0.15) is 18.2 Å². The van der Waals surface area contributed by atoms with Crippen molar-refractivity contribution >= 4 is 5.71 Å². The molecule has 0 spiro atoms. The van der Waals surface area contributed by atoms with Crippen molar-refractivity contribution in [3.63, 3.8) is 0 Å². The van der Waals surface area contributed by atoms with Crippen LogP contribution < -0.4 is 4.74 Å². The minimum absolute atomic E-state index is 0.271. The molecule has 1 N–H and O–H groups in total. The molecule has 98 valence electrons. The van der Waals surface area contributed by atoms with E-state index in [9.17, 15) is 4.39 Å². The third-order valence-electron chi connectivity index (χ3n) is 2.73. The summed E-state index contributed by atoms with van der Waals surface area (Å²) in [5.74, 6) is 0.356. The van der Waals surface area contributed by atoms with Gasteiger partial charge in [0.25, 0.3) is 0 Å². The molecule has 0 aliphatic rings. The molecule has 2 aromatic carbocycles. The Bertz CT molecular complexity index is 579. The molecule has 2 aromatic rings. The average molecular weight is 259 g/mol. The van der Waals surface area contributed by atoms with E-state index in [4.69, 9.17) is 9.94 Å². The van der Waals surface area contributed by atoms with Gasteiger partial charge in [-0.25, -0.2) is 4.39 Å². The van der Waals surface area contributed by atoms with Crippen molar-refractivity contribution in [2.24, 2.45) is 5.16 Å². The first-order valence-electron chi connectivity index (χ1n) is 5.86. The maximum atomic E-state index is 12.8. The van der Waals surface area contributed by atoms with Crippen LogP contribution >= 0.6 is 0 Å². The fraction of sp³-hybridized carbons (Fsp3) is 0.133. The van der Waals surface area contributed by atoms with E-state index in [-0.39, 0.29) is 5.82 Å². The summed E-state index contributed by atoms with van der Waals surface area (Å²) in [6.07, 6.45) is 0. The van der Waals surface area contributed by atoms with Crippen LogP contribution in [0.5, 0.6) is 5.75 Å². The van der Waals surface area contributed by atoms with Crippen molar-refractivity contribution in [1.82, 2.24) is 0 Å². The molecule has 0 fully saturated rings. The third kappa shape index (κ3) is 3.31. The summed E-state index contributed by atoms with van der Waals surface area (Å²) in [4.78, 5) is 0. The number of ether oxygens (including phenoxy) is 1. The topological polar surface area (TPSA) is 41.8 Å². The van der Waals surface area contributed by atoms with E-state index in [0.717, 1.165) is 11.1 Å². The van der Waals surface area contributed by atoms with Gasteiger partial charge in [-0.15, -0.1) is 0 Å². The zero-order valence-electron chi connectivity index (χ0n) is 10.5. The number of hydrogen-bond acceptors (Lipinski definition) is 3. The second kappa shape index (κ2) is 6.00. The second-order valence-electron chi connectivity index (χ2n) is 4.10. The predicted molar refractivity (Wildman–Crippen MR) is 71.2 cm³/mol. The molecule has 0 saturated carbocycles. The highest BCUT2D eigenvalue weighted by Crippen LogP contribution is 2.20. The number of para-hydroxylation sites is 1. The zero-order valence-corrected chi connectivity index (χ0v) is 10.5. The van der Waals surface area contributed by atoms with Crippen molar-refractivity contribution in [2.75, 3.05) is 0 Å². The summed E-state index contributed by atoms with van der Waals surface area (Å²) in [7, 11) is 0. The third-order valence-corrected chi connectivity index (χ3v) is 2.73. The molecule has 0 unspecified atom stereocenters. The molecule has 0 radical (unpaired) electrons. The van der Waals surface area contributed by atoms with Crippen LogP contribution in [0.25, 0.3) is 0 Å². The minimum atomic E-state index is -0.271. The van der Waals surface area contributed by atoms with Crippen LogP contribution in [0.15, 0.2) is 53.7 Å². The lowest BCUT2D eigenvalue weighted by Crippen LogP contribution is -2.02. The van der Waals surface area contributed by atoms with Crippen LogP contribution in [0.3, 0.4) is 0 Å². The molecule has 0 heterocycles. The van der Waals surface area contributed by atoms with Crippen molar-refractivity contribution in [3.8, 4) is 5.75 Å². The van der Waals surface area contributed by atoms with Gasteiger partial charge in [-0.1, -0.05) is 29.4 Å². The van der Waals surface area contributed by atoms with E-state index in [1.807, 2.05) is 18.2 Å². The quantitative estimate of drug-likeness (QED) is 0.518. The van der Waals surface area contributed by atoms with Crippen LogP contribution in [0.2, 0.25) is 0 Å². The number of rotatable bonds is 4. The number of hydrogen-bond donors (Lipinski definition) is 1. The first kappa shape index (κ1) is 13.1. The summed E-state index contributed by atoms with van der Waals surface area (Å²) in [6, 6.07) is 13.4. The zero-order chi connectivity index (χ0) is 13.7. The molecule has 2 rings (SSSR count). The molecule has 0 bridgehead atoms. The maximum absolute atomic E-state index is 12.8.